The van der Waals surface area contributed by atoms with Crippen LogP contribution in [0, 0.1) is 0 Å². The molecular formula is C6H11NSi. The second kappa shape index (κ2) is 1.86. The third-order valence-electron chi connectivity index (χ3n) is 1.33. The quantitative estimate of drug-likeness (QED) is 0.438. The summed E-state index contributed by atoms with van der Waals surface area (Å²) in [7, 11) is -0.920. The first kappa shape index (κ1) is 5.76. The van der Waals surface area contributed by atoms with Gasteiger partial charge in [-0.1, -0.05) is 18.8 Å². The van der Waals surface area contributed by atoms with E-state index in [1.807, 2.05) is 12.4 Å². The Bertz CT molecular complexity index is 135. The molecule has 8 heavy (non-hydrogen) atoms. The van der Waals surface area contributed by atoms with E-state index in [1.54, 1.807) is 0 Å². The Kier molecular flexibility index (Phi) is 1.34. The molecule has 1 nitrogen and oxygen atoms in total. The largest absolute Gasteiger partial charge is 0.270 e. The molecule has 0 unspecified atom stereocenters. The second-order valence-electron chi connectivity index (χ2n) is 2.84. The lowest BCUT2D eigenvalue weighted by Crippen LogP contribution is -2.23. The van der Waals surface area contributed by atoms with Gasteiger partial charge in [-0.25, -0.2) is 0 Å². The zero-order chi connectivity index (χ0) is 6.04. The summed E-state index contributed by atoms with van der Waals surface area (Å²) in [5.74, 6) is 0. The van der Waals surface area contributed by atoms with E-state index in [9.17, 15) is 0 Å². The Morgan fingerprint density at radius 1 is 1.50 bits per heavy atom. The van der Waals surface area contributed by atoms with Gasteiger partial charge in [-0.05, 0) is 6.04 Å². The van der Waals surface area contributed by atoms with Crippen molar-refractivity contribution in [3.63, 3.8) is 0 Å². The lowest BCUT2D eigenvalue weighted by atomic mass is 10.8. The van der Waals surface area contributed by atoms with Crippen molar-refractivity contribution in [2.45, 2.75) is 19.1 Å². The third-order valence-corrected chi connectivity index (χ3v) is 3.62. The van der Waals surface area contributed by atoms with E-state index in [0.717, 1.165) is 0 Å². The molecule has 1 heterocycles. The van der Waals surface area contributed by atoms with Crippen LogP contribution in [0.1, 0.15) is 0 Å². The van der Waals surface area contributed by atoms with Crippen molar-refractivity contribution >= 4 is 14.3 Å². The van der Waals surface area contributed by atoms with Gasteiger partial charge in [0.2, 0.25) is 0 Å². The fourth-order valence-corrected chi connectivity index (χ4v) is 1.86. The molecule has 0 N–H and O–H groups in total. The number of hydrogen-bond acceptors (Lipinski definition) is 1. The highest BCUT2D eigenvalue weighted by atomic mass is 28.3. The minimum Gasteiger partial charge on any atom is -0.270 e. The van der Waals surface area contributed by atoms with Crippen molar-refractivity contribution < 1.29 is 0 Å². The number of rotatable bonds is 0. The summed E-state index contributed by atoms with van der Waals surface area (Å²) in [4.78, 5) is 4.00. The fourth-order valence-electron chi connectivity index (χ4n) is 0.662. The SMILES string of the molecule is C[Si]1(C)C=CN=CC1. The van der Waals surface area contributed by atoms with Gasteiger partial charge in [0.15, 0.2) is 0 Å². The Balaban J connectivity index is 2.65. The van der Waals surface area contributed by atoms with Crippen LogP contribution in [0.25, 0.3) is 0 Å². The maximum Gasteiger partial charge on any atom is 0.0789 e. The van der Waals surface area contributed by atoms with E-state index in [2.05, 4.69) is 23.8 Å². The van der Waals surface area contributed by atoms with Crippen molar-refractivity contribution in [2.24, 2.45) is 4.99 Å². The smallest absolute Gasteiger partial charge is 0.0789 e. The van der Waals surface area contributed by atoms with Crippen molar-refractivity contribution in [3.05, 3.63) is 11.9 Å². The zero-order valence-corrected chi connectivity index (χ0v) is 6.39. The predicted molar refractivity (Wildman–Crippen MR) is 39.9 cm³/mol. The average Bonchev–Trinajstić information content (AvgIpc) is 1.65. The number of nitrogens with zero attached hydrogens (tertiary/aromatic N) is 1. The lowest BCUT2D eigenvalue weighted by Gasteiger charge is -2.15. The molecule has 0 spiro atoms. The highest BCUT2D eigenvalue weighted by molar-refractivity contribution is 6.84. The molecule has 0 saturated carbocycles. The van der Waals surface area contributed by atoms with Gasteiger partial charge in [0, 0.05) is 12.4 Å². The molecule has 0 fully saturated rings. The zero-order valence-electron chi connectivity index (χ0n) is 5.39. The highest BCUT2D eigenvalue weighted by Crippen LogP contribution is 2.11. The van der Waals surface area contributed by atoms with E-state index < -0.39 is 8.07 Å². The van der Waals surface area contributed by atoms with E-state index in [0.29, 0.717) is 0 Å². The van der Waals surface area contributed by atoms with Crippen LogP contribution >= 0.6 is 0 Å². The first-order chi connectivity index (χ1) is 3.71. The van der Waals surface area contributed by atoms with Gasteiger partial charge in [0.25, 0.3) is 0 Å². The molecule has 0 aromatic rings. The summed E-state index contributed by atoms with van der Waals surface area (Å²) >= 11 is 0. The molecule has 0 aliphatic carbocycles. The summed E-state index contributed by atoms with van der Waals surface area (Å²) in [6.07, 6.45) is 3.95. The van der Waals surface area contributed by atoms with Gasteiger partial charge in [-0.2, -0.15) is 0 Å². The van der Waals surface area contributed by atoms with E-state index >= 15 is 0 Å². The lowest BCUT2D eigenvalue weighted by molar-refractivity contribution is 1.49. The van der Waals surface area contributed by atoms with E-state index in [-0.39, 0.29) is 0 Å². The minimum atomic E-state index is -0.920. The van der Waals surface area contributed by atoms with Gasteiger partial charge in [-0.15, -0.1) is 0 Å². The van der Waals surface area contributed by atoms with Crippen LogP contribution in [-0.4, -0.2) is 14.3 Å². The Hall–Kier alpha value is -0.373. The predicted octanol–water partition coefficient (Wildman–Crippen LogP) is 1.83. The Labute approximate surface area is 51.1 Å². The van der Waals surface area contributed by atoms with Crippen molar-refractivity contribution in [2.75, 3.05) is 0 Å². The number of hydrogen-bond donors (Lipinski definition) is 0. The third kappa shape index (κ3) is 1.30. The van der Waals surface area contributed by atoms with E-state index in [1.165, 1.54) is 6.04 Å². The Morgan fingerprint density at radius 3 is 2.50 bits per heavy atom. The molecule has 0 aromatic heterocycles. The molecule has 44 valence electrons. The van der Waals surface area contributed by atoms with Crippen LogP contribution in [0.5, 0.6) is 0 Å². The van der Waals surface area contributed by atoms with Gasteiger partial charge >= 0.3 is 0 Å². The fraction of sp³-hybridized carbons (Fsp3) is 0.500. The summed E-state index contributed by atoms with van der Waals surface area (Å²) in [5, 5.41) is 0. The normalized spacial score (nSPS) is 23.8. The molecule has 1 rings (SSSR count). The summed E-state index contributed by atoms with van der Waals surface area (Å²) < 4.78 is 0. The van der Waals surface area contributed by atoms with E-state index in [4.69, 9.17) is 0 Å². The molecule has 0 aromatic carbocycles. The van der Waals surface area contributed by atoms with Gasteiger partial charge < -0.3 is 0 Å². The molecule has 0 amide bonds. The van der Waals surface area contributed by atoms with Gasteiger partial charge in [0.05, 0.1) is 8.07 Å². The summed E-state index contributed by atoms with van der Waals surface area (Å²) in [6.45, 7) is 4.68. The van der Waals surface area contributed by atoms with Gasteiger partial charge in [-0.3, -0.25) is 4.99 Å². The monoisotopic (exact) mass is 125 g/mol. The average molecular weight is 125 g/mol. The van der Waals surface area contributed by atoms with Crippen LogP contribution in [0.3, 0.4) is 0 Å². The second-order valence-corrected chi connectivity index (χ2v) is 7.56. The van der Waals surface area contributed by atoms with Crippen LogP contribution in [-0.2, 0) is 0 Å². The topological polar surface area (TPSA) is 12.4 Å². The van der Waals surface area contributed by atoms with Crippen molar-refractivity contribution in [1.82, 2.24) is 0 Å². The van der Waals surface area contributed by atoms with Crippen LogP contribution in [0.15, 0.2) is 16.9 Å². The molecule has 1 aliphatic rings. The molecule has 0 bridgehead atoms. The molecule has 0 radical (unpaired) electrons. The van der Waals surface area contributed by atoms with Gasteiger partial charge in [0.1, 0.15) is 0 Å². The first-order valence-electron chi connectivity index (χ1n) is 2.90. The summed E-state index contributed by atoms with van der Waals surface area (Å²) in [5.41, 5.74) is 2.27. The molecular weight excluding hydrogens is 114 g/mol. The van der Waals surface area contributed by atoms with Crippen LogP contribution < -0.4 is 0 Å². The minimum absolute atomic E-state index is 0.920. The first-order valence-corrected chi connectivity index (χ1v) is 6.18. The summed E-state index contributed by atoms with van der Waals surface area (Å²) in [6, 6.07) is 1.21. The maximum atomic E-state index is 4.00. The molecule has 2 heteroatoms. The maximum absolute atomic E-state index is 4.00. The molecule has 0 atom stereocenters. The highest BCUT2D eigenvalue weighted by Gasteiger charge is 2.15. The van der Waals surface area contributed by atoms with Crippen molar-refractivity contribution in [3.8, 4) is 0 Å². The van der Waals surface area contributed by atoms with Crippen molar-refractivity contribution in [1.29, 1.82) is 0 Å². The Morgan fingerprint density at radius 2 is 2.25 bits per heavy atom. The molecule has 1 aliphatic heterocycles. The molecule has 0 saturated heterocycles. The number of aliphatic imine (C=N–C) groups is 1. The van der Waals surface area contributed by atoms with Crippen LogP contribution in [0.2, 0.25) is 19.1 Å². The standard InChI is InChI=1S/C6H11NSi/c1-8(2)5-3-7-4-6-8/h3-5H,6H2,1-2H3. The van der Waals surface area contributed by atoms with Crippen LogP contribution in [0.4, 0.5) is 0 Å².